The molecule has 14 heavy (non-hydrogen) atoms. The average Bonchev–Trinajstić information content (AvgIpc) is 2.47. The first-order valence-corrected chi connectivity index (χ1v) is 5.90. The zero-order chi connectivity index (χ0) is 10.6. The predicted octanol–water partition coefficient (Wildman–Crippen LogP) is 0.607. The number of nitrogens with zero attached hydrogens (tertiary/aromatic N) is 2. The first-order chi connectivity index (χ1) is 6.69. The zero-order valence-electron chi connectivity index (χ0n) is 8.86. The van der Waals surface area contributed by atoms with Crippen molar-refractivity contribution in [3.63, 3.8) is 0 Å². The molecule has 0 aliphatic carbocycles. The van der Waals surface area contributed by atoms with Crippen molar-refractivity contribution >= 4 is 23.2 Å². The molecule has 0 aromatic carbocycles. The maximum absolute atomic E-state index is 10.1. The highest BCUT2D eigenvalue weighted by atomic mass is 32.2. The Morgan fingerprint density at radius 3 is 2.79 bits per heavy atom. The van der Waals surface area contributed by atoms with Crippen molar-refractivity contribution in [1.82, 2.24) is 10.3 Å². The first-order valence-electron chi connectivity index (χ1n) is 4.68. The van der Waals surface area contributed by atoms with E-state index in [9.17, 15) is 4.79 Å². The van der Waals surface area contributed by atoms with Crippen LogP contribution in [-0.2, 0) is 4.79 Å². The summed E-state index contributed by atoms with van der Waals surface area (Å²) < 4.78 is 0. The number of carbonyl (C=O) groups is 1. The van der Waals surface area contributed by atoms with Crippen molar-refractivity contribution in [2.24, 2.45) is 16.9 Å². The monoisotopic (exact) mass is 215 g/mol. The van der Waals surface area contributed by atoms with Gasteiger partial charge in [0.15, 0.2) is 0 Å². The highest BCUT2D eigenvalue weighted by molar-refractivity contribution is 8.13. The van der Waals surface area contributed by atoms with Crippen LogP contribution < -0.4 is 5.43 Å². The smallest absolute Gasteiger partial charge is 0.227 e. The molecule has 2 unspecified atom stereocenters. The van der Waals surface area contributed by atoms with Crippen molar-refractivity contribution in [3.8, 4) is 0 Å². The largest absolute Gasteiger partial charge is 0.305 e. The molecule has 2 atom stereocenters. The molecule has 0 spiro atoms. The van der Waals surface area contributed by atoms with Gasteiger partial charge in [-0.2, -0.15) is 5.10 Å². The van der Waals surface area contributed by atoms with E-state index in [2.05, 4.69) is 29.4 Å². The van der Waals surface area contributed by atoms with E-state index >= 15 is 0 Å². The highest BCUT2D eigenvalue weighted by Gasteiger charge is 2.31. The van der Waals surface area contributed by atoms with Gasteiger partial charge in [-0.15, -0.1) is 11.8 Å². The molecule has 0 saturated carbocycles. The van der Waals surface area contributed by atoms with Gasteiger partial charge in [0.05, 0.1) is 5.04 Å². The van der Waals surface area contributed by atoms with Gasteiger partial charge in [-0.1, -0.05) is 6.92 Å². The molecule has 0 bridgehead atoms. The predicted molar refractivity (Wildman–Crippen MR) is 60.3 cm³/mol. The Morgan fingerprint density at radius 2 is 2.36 bits per heavy atom. The molecule has 4 nitrogen and oxygen atoms in total. The van der Waals surface area contributed by atoms with Crippen LogP contribution in [0.5, 0.6) is 0 Å². The van der Waals surface area contributed by atoms with Gasteiger partial charge < -0.3 is 4.90 Å². The summed E-state index contributed by atoms with van der Waals surface area (Å²) in [5.74, 6) is 1.07. The van der Waals surface area contributed by atoms with E-state index < -0.39 is 0 Å². The van der Waals surface area contributed by atoms with Crippen molar-refractivity contribution in [3.05, 3.63) is 0 Å². The fraction of sp³-hybridized carbons (Fsp3) is 0.778. The van der Waals surface area contributed by atoms with Gasteiger partial charge in [0.1, 0.15) is 0 Å². The molecule has 1 fully saturated rings. The Balaban J connectivity index is 2.64. The maximum Gasteiger partial charge on any atom is 0.227 e. The van der Waals surface area contributed by atoms with E-state index in [4.69, 9.17) is 0 Å². The van der Waals surface area contributed by atoms with Gasteiger partial charge in [-0.25, -0.2) is 5.43 Å². The van der Waals surface area contributed by atoms with Crippen LogP contribution in [0, 0.1) is 11.8 Å². The molecule has 1 heterocycles. The van der Waals surface area contributed by atoms with Crippen molar-refractivity contribution in [2.45, 2.75) is 6.92 Å². The molecular formula is C9H17N3OS. The Morgan fingerprint density at radius 1 is 1.64 bits per heavy atom. The Hall–Kier alpha value is -0.550. The standard InChI is InChI=1S/C9H17N3OS/c1-7-4-12(2)5-8(7)9(14-3)11-10-6-13/h6-8H,4-5H2,1-3H3,(H,10,13)/b11-9-. The summed E-state index contributed by atoms with van der Waals surface area (Å²) in [6.07, 6.45) is 2.61. The lowest BCUT2D eigenvalue weighted by atomic mass is 10.00. The first kappa shape index (κ1) is 11.5. The molecule has 1 aliphatic rings. The number of amides is 1. The van der Waals surface area contributed by atoms with Gasteiger partial charge in [0, 0.05) is 19.0 Å². The molecule has 1 amide bonds. The summed E-state index contributed by atoms with van der Waals surface area (Å²) in [7, 11) is 2.11. The second-order valence-corrected chi connectivity index (χ2v) is 4.53. The number of hydrogen-bond acceptors (Lipinski definition) is 4. The summed E-state index contributed by atoms with van der Waals surface area (Å²) in [4.78, 5) is 12.4. The Kier molecular flexibility index (Phi) is 4.41. The van der Waals surface area contributed by atoms with E-state index in [1.807, 2.05) is 6.26 Å². The number of nitrogens with one attached hydrogen (secondary N) is 1. The van der Waals surface area contributed by atoms with Crippen LogP contribution in [0.15, 0.2) is 5.10 Å². The quantitative estimate of drug-likeness (QED) is 0.325. The molecule has 5 heteroatoms. The summed E-state index contributed by atoms with van der Waals surface area (Å²) in [6.45, 7) is 4.35. The van der Waals surface area contributed by atoms with E-state index in [0.717, 1.165) is 18.1 Å². The van der Waals surface area contributed by atoms with Crippen LogP contribution in [-0.4, -0.2) is 42.7 Å². The SMILES string of the molecule is CS/C(=N\NC=O)C1CN(C)CC1C. The molecule has 1 rings (SSSR count). The van der Waals surface area contributed by atoms with E-state index in [1.54, 1.807) is 11.8 Å². The summed E-state index contributed by atoms with van der Waals surface area (Å²) >= 11 is 1.61. The van der Waals surface area contributed by atoms with Crippen LogP contribution in [0.4, 0.5) is 0 Å². The summed E-state index contributed by atoms with van der Waals surface area (Å²) in [5, 5.41) is 5.08. The highest BCUT2D eigenvalue weighted by Crippen LogP contribution is 2.26. The van der Waals surface area contributed by atoms with Crippen LogP contribution >= 0.6 is 11.8 Å². The Labute approximate surface area is 89.1 Å². The lowest BCUT2D eigenvalue weighted by Gasteiger charge is -2.14. The van der Waals surface area contributed by atoms with Crippen molar-refractivity contribution in [2.75, 3.05) is 26.4 Å². The molecule has 0 aromatic rings. The minimum Gasteiger partial charge on any atom is -0.305 e. The van der Waals surface area contributed by atoms with Gasteiger partial charge in [-0.05, 0) is 19.2 Å². The molecule has 0 aromatic heterocycles. The second-order valence-electron chi connectivity index (χ2n) is 3.71. The topological polar surface area (TPSA) is 44.7 Å². The number of likely N-dealkylation sites (tertiary alicyclic amines) is 1. The molecular weight excluding hydrogens is 198 g/mol. The van der Waals surface area contributed by atoms with Gasteiger partial charge >= 0.3 is 0 Å². The number of thioether (sulfide) groups is 1. The third-order valence-corrected chi connectivity index (χ3v) is 3.36. The van der Waals surface area contributed by atoms with E-state index in [0.29, 0.717) is 18.2 Å². The number of rotatable bonds is 3. The summed E-state index contributed by atoms with van der Waals surface area (Å²) in [5.41, 5.74) is 2.38. The van der Waals surface area contributed by atoms with Crippen LogP contribution in [0.2, 0.25) is 0 Å². The normalized spacial score (nSPS) is 29.2. The number of carbonyl (C=O) groups excluding carboxylic acids is 1. The van der Waals surface area contributed by atoms with Crippen LogP contribution in [0.25, 0.3) is 0 Å². The van der Waals surface area contributed by atoms with Crippen LogP contribution in [0.1, 0.15) is 6.92 Å². The average molecular weight is 215 g/mol. The van der Waals surface area contributed by atoms with E-state index in [1.165, 1.54) is 0 Å². The fourth-order valence-corrected chi connectivity index (χ4v) is 2.65. The number of hydrogen-bond donors (Lipinski definition) is 1. The minimum atomic E-state index is 0.461. The fourth-order valence-electron chi connectivity index (χ4n) is 1.90. The third-order valence-electron chi connectivity index (χ3n) is 2.55. The van der Waals surface area contributed by atoms with Crippen molar-refractivity contribution < 1.29 is 4.79 Å². The maximum atomic E-state index is 10.1. The van der Waals surface area contributed by atoms with Gasteiger partial charge in [0.2, 0.25) is 6.41 Å². The van der Waals surface area contributed by atoms with Crippen LogP contribution in [0.3, 0.4) is 0 Å². The Bertz CT molecular complexity index is 232. The summed E-state index contributed by atoms with van der Waals surface area (Å²) in [6, 6.07) is 0. The van der Waals surface area contributed by atoms with Gasteiger partial charge in [-0.3, -0.25) is 4.79 Å². The molecule has 0 radical (unpaired) electrons. The lowest BCUT2D eigenvalue weighted by Crippen LogP contribution is -2.21. The van der Waals surface area contributed by atoms with Crippen molar-refractivity contribution in [1.29, 1.82) is 0 Å². The minimum absolute atomic E-state index is 0.461. The lowest BCUT2D eigenvalue weighted by molar-refractivity contribution is -0.109. The molecule has 1 N–H and O–H groups in total. The molecule has 1 saturated heterocycles. The molecule has 80 valence electrons. The molecule has 1 aliphatic heterocycles. The second kappa shape index (κ2) is 5.36. The zero-order valence-corrected chi connectivity index (χ0v) is 9.67. The third kappa shape index (κ3) is 2.72. The van der Waals surface area contributed by atoms with Gasteiger partial charge in [0.25, 0.3) is 0 Å². The number of hydrazone groups is 1. The van der Waals surface area contributed by atoms with E-state index in [-0.39, 0.29) is 0 Å².